The van der Waals surface area contributed by atoms with Crippen LogP contribution in [0, 0.1) is 0 Å². The first-order valence-corrected chi connectivity index (χ1v) is 12.9. The monoisotopic (exact) mass is 511 g/mol. The maximum atomic E-state index is 12.5. The number of benzene rings is 1. The number of nitrogens with one attached hydrogen (secondary N) is 1. The van der Waals surface area contributed by atoms with E-state index < -0.39 is 0 Å². The van der Waals surface area contributed by atoms with Gasteiger partial charge in [0.05, 0.1) is 29.1 Å². The lowest BCUT2D eigenvalue weighted by Crippen LogP contribution is -2.19. The Hall–Kier alpha value is -1.65. The van der Waals surface area contributed by atoms with Crippen molar-refractivity contribution in [3.63, 3.8) is 0 Å². The summed E-state index contributed by atoms with van der Waals surface area (Å²) in [4.78, 5) is 17.0. The van der Waals surface area contributed by atoms with Crippen LogP contribution in [0.15, 0.2) is 28.7 Å². The highest BCUT2D eigenvalue weighted by atomic mass is 35.5. The number of rotatable bonds is 8. The van der Waals surface area contributed by atoms with E-state index in [1.54, 1.807) is 12.1 Å². The van der Waals surface area contributed by atoms with Gasteiger partial charge in [0.2, 0.25) is 5.91 Å². The van der Waals surface area contributed by atoms with E-state index >= 15 is 0 Å². The fourth-order valence-corrected chi connectivity index (χ4v) is 5.42. The highest BCUT2D eigenvalue weighted by Gasteiger charge is 2.22. The summed E-state index contributed by atoms with van der Waals surface area (Å²) in [5.74, 6) is 1.20. The zero-order valence-electron chi connectivity index (χ0n) is 17.7. The van der Waals surface area contributed by atoms with Crippen LogP contribution in [0.1, 0.15) is 38.4 Å². The maximum absolute atomic E-state index is 12.5. The molecule has 170 valence electrons. The van der Waals surface area contributed by atoms with Gasteiger partial charge in [-0.15, -0.1) is 21.5 Å². The molecule has 1 fully saturated rings. The zero-order valence-corrected chi connectivity index (χ0v) is 20.8. The predicted octanol–water partition coefficient (Wildman–Crippen LogP) is 5.74. The van der Waals surface area contributed by atoms with Gasteiger partial charge in [-0.3, -0.25) is 4.79 Å². The number of carbonyl (C=O) groups excluding carboxylic acids is 1. The fourth-order valence-electron chi connectivity index (χ4n) is 3.43. The number of hydrogen-bond acceptors (Lipinski definition) is 7. The Balaban J connectivity index is 1.39. The number of amides is 1. The van der Waals surface area contributed by atoms with Crippen molar-refractivity contribution in [3.8, 4) is 11.3 Å². The normalized spacial score (nSPS) is 16.1. The first-order valence-electron chi connectivity index (χ1n) is 10.3. The summed E-state index contributed by atoms with van der Waals surface area (Å²) >= 11 is 14.9. The summed E-state index contributed by atoms with van der Waals surface area (Å²) < 4.78 is 7.87. The van der Waals surface area contributed by atoms with Gasteiger partial charge in [0, 0.05) is 28.5 Å². The number of thiazole rings is 1. The van der Waals surface area contributed by atoms with Crippen LogP contribution in [0.3, 0.4) is 0 Å². The van der Waals surface area contributed by atoms with Crippen LogP contribution in [0.2, 0.25) is 10.0 Å². The number of carbonyl (C=O) groups is 1. The van der Waals surface area contributed by atoms with Crippen molar-refractivity contribution in [2.45, 2.75) is 50.4 Å². The molecule has 0 aliphatic carbocycles. The van der Waals surface area contributed by atoms with Gasteiger partial charge in [0.15, 0.2) is 10.3 Å². The molecule has 3 heterocycles. The van der Waals surface area contributed by atoms with E-state index in [-0.39, 0.29) is 23.7 Å². The molecule has 4 rings (SSSR count). The lowest BCUT2D eigenvalue weighted by atomic mass is 10.2. The highest BCUT2D eigenvalue weighted by Crippen LogP contribution is 2.32. The largest absolute Gasteiger partial charge is 0.376 e. The molecule has 2 aromatic heterocycles. The number of nitrogens with zero attached hydrogens (tertiary/aromatic N) is 4. The third-order valence-corrected chi connectivity index (χ3v) is 7.23. The summed E-state index contributed by atoms with van der Waals surface area (Å²) in [6.45, 7) is 5.68. The average molecular weight is 512 g/mol. The molecule has 0 saturated carbocycles. The van der Waals surface area contributed by atoms with Crippen molar-refractivity contribution in [1.29, 1.82) is 0 Å². The number of hydrogen-bond donors (Lipinski definition) is 1. The summed E-state index contributed by atoms with van der Waals surface area (Å²) in [6.07, 6.45) is 2.28. The highest BCUT2D eigenvalue weighted by molar-refractivity contribution is 7.99. The summed E-state index contributed by atoms with van der Waals surface area (Å²) in [5.41, 5.74) is 1.46. The van der Waals surface area contributed by atoms with Crippen molar-refractivity contribution >= 4 is 57.3 Å². The van der Waals surface area contributed by atoms with Gasteiger partial charge < -0.3 is 14.6 Å². The molecule has 1 atom stereocenters. The second-order valence-electron chi connectivity index (χ2n) is 7.74. The quantitative estimate of drug-likeness (QED) is 0.388. The number of halogens is 2. The zero-order chi connectivity index (χ0) is 22.7. The first-order chi connectivity index (χ1) is 15.4. The van der Waals surface area contributed by atoms with Crippen LogP contribution in [-0.4, -0.2) is 44.1 Å². The molecule has 0 bridgehead atoms. The maximum Gasteiger partial charge on any atom is 0.236 e. The number of anilines is 1. The molecule has 3 aromatic rings. The van der Waals surface area contributed by atoms with Crippen LogP contribution < -0.4 is 5.32 Å². The van der Waals surface area contributed by atoms with E-state index in [2.05, 4.69) is 38.9 Å². The van der Waals surface area contributed by atoms with Gasteiger partial charge >= 0.3 is 0 Å². The van der Waals surface area contributed by atoms with Gasteiger partial charge in [-0.2, -0.15) is 0 Å². The minimum Gasteiger partial charge on any atom is -0.376 e. The Morgan fingerprint density at radius 3 is 2.94 bits per heavy atom. The molecule has 32 heavy (non-hydrogen) atoms. The smallest absolute Gasteiger partial charge is 0.236 e. The molecule has 7 nitrogen and oxygen atoms in total. The van der Waals surface area contributed by atoms with E-state index in [4.69, 9.17) is 27.9 Å². The Labute approximate surface area is 204 Å². The third kappa shape index (κ3) is 5.63. The molecule has 1 amide bonds. The summed E-state index contributed by atoms with van der Waals surface area (Å²) in [6, 6.07) is 5.24. The molecular formula is C21H23Cl2N5O2S2. The molecule has 1 aliphatic heterocycles. The van der Waals surface area contributed by atoms with Crippen LogP contribution in [0.4, 0.5) is 5.13 Å². The van der Waals surface area contributed by atoms with Crippen molar-refractivity contribution in [2.75, 3.05) is 17.7 Å². The Kier molecular flexibility index (Phi) is 7.73. The van der Waals surface area contributed by atoms with Crippen molar-refractivity contribution in [3.05, 3.63) is 39.4 Å². The molecule has 0 spiro atoms. The number of thioether (sulfide) groups is 1. The predicted molar refractivity (Wildman–Crippen MR) is 130 cm³/mol. The molecule has 1 aromatic carbocycles. The molecule has 1 aliphatic rings. The summed E-state index contributed by atoms with van der Waals surface area (Å²) in [5, 5.41) is 15.7. The molecule has 0 radical (unpaired) electrons. The van der Waals surface area contributed by atoms with E-state index in [0.717, 1.165) is 36.0 Å². The van der Waals surface area contributed by atoms with Crippen molar-refractivity contribution in [2.24, 2.45) is 0 Å². The standard InChI is InChI=1S/C21H23Cl2N5O2S2/c1-12(2)19-26-27-21(28(19)9-14-4-3-7-30-14)32-11-18(29)25-20-24-17(10-31-20)15-6-5-13(22)8-16(15)23/h5-6,8,10,12,14H,3-4,7,9,11H2,1-2H3,(H,24,25,29). The summed E-state index contributed by atoms with van der Waals surface area (Å²) in [7, 11) is 0. The topological polar surface area (TPSA) is 81.9 Å². The molecule has 1 unspecified atom stereocenters. The van der Waals surface area contributed by atoms with Crippen molar-refractivity contribution in [1.82, 2.24) is 19.7 Å². The Morgan fingerprint density at radius 1 is 1.38 bits per heavy atom. The minimum atomic E-state index is -0.157. The second kappa shape index (κ2) is 10.5. The van der Waals surface area contributed by atoms with E-state index in [1.165, 1.54) is 23.1 Å². The molecule has 11 heteroatoms. The van der Waals surface area contributed by atoms with E-state index in [1.807, 2.05) is 11.4 Å². The first kappa shape index (κ1) is 23.5. The molecule has 1 N–H and O–H groups in total. The van der Waals surface area contributed by atoms with E-state index in [0.29, 0.717) is 27.4 Å². The van der Waals surface area contributed by atoms with Gasteiger partial charge in [0.25, 0.3) is 0 Å². The Bertz CT molecular complexity index is 1100. The molecule has 1 saturated heterocycles. The van der Waals surface area contributed by atoms with E-state index in [9.17, 15) is 4.79 Å². The third-order valence-electron chi connectivity index (χ3n) is 4.96. The SMILES string of the molecule is CC(C)c1nnc(SCC(=O)Nc2nc(-c3ccc(Cl)cc3Cl)cs2)n1CC1CCCO1. The van der Waals surface area contributed by atoms with Gasteiger partial charge in [-0.1, -0.05) is 48.8 Å². The lowest BCUT2D eigenvalue weighted by molar-refractivity contribution is -0.113. The Morgan fingerprint density at radius 2 is 2.22 bits per heavy atom. The van der Waals surface area contributed by atoms with Gasteiger partial charge in [0.1, 0.15) is 5.82 Å². The average Bonchev–Trinajstić information content (AvgIpc) is 3.48. The second-order valence-corrected chi connectivity index (χ2v) is 10.4. The van der Waals surface area contributed by atoms with Crippen LogP contribution >= 0.6 is 46.3 Å². The van der Waals surface area contributed by atoms with Gasteiger partial charge in [-0.05, 0) is 31.0 Å². The number of ether oxygens (including phenoxy) is 1. The van der Waals surface area contributed by atoms with Crippen LogP contribution in [-0.2, 0) is 16.1 Å². The van der Waals surface area contributed by atoms with Crippen LogP contribution in [0.25, 0.3) is 11.3 Å². The van der Waals surface area contributed by atoms with Crippen molar-refractivity contribution < 1.29 is 9.53 Å². The van der Waals surface area contributed by atoms with Gasteiger partial charge in [-0.25, -0.2) is 4.98 Å². The molecular weight excluding hydrogens is 489 g/mol. The van der Waals surface area contributed by atoms with Crippen LogP contribution in [0.5, 0.6) is 0 Å². The fraction of sp³-hybridized carbons (Fsp3) is 0.429. The number of aromatic nitrogens is 4. The minimum absolute atomic E-state index is 0.157. The lowest BCUT2D eigenvalue weighted by Gasteiger charge is -2.15.